The van der Waals surface area contributed by atoms with Crippen molar-refractivity contribution >= 4 is 11.3 Å². The Hall–Kier alpha value is -3.41. The molecule has 6 rings (SSSR count). The third-order valence-electron chi connectivity index (χ3n) is 7.99. The maximum absolute atomic E-state index is 9.65. The molecule has 2 aliphatic carbocycles. The van der Waals surface area contributed by atoms with E-state index in [9.17, 15) is 5.26 Å². The molecule has 1 aliphatic heterocycles. The fourth-order valence-electron chi connectivity index (χ4n) is 5.81. The van der Waals surface area contributed by atoms with Gasteiger partial charge >= 0.3 is 0 Å². The van der Waals surface area contributed by atoms with Crippen molar-refractivity contribution in [3.05, 3.63) is 64.5 Å². The van der Waals surface area contributed by atoms with Gasteiger partial charge < -0.3 is 19.9 Å². The molecule has 39 heavy (non-hydrogen) atoms. The zero-order chi connectivity index (χ0) is 27.1. The summed E-state index contributed by atoms with van der Waals surface area (Å²) in [4.78, 5) is 4.94. The lowest BCUT2D eigenvalue weighted by atomic mass is 10.0. The van der Waals surface area contributed by atoms with E-state index in [4.69, 9.17) is 4.74 Å². The highest BCUT2D eigenvalue weighted by Crippen LogP contribution is 2.42. The third-order valence-corrected chi connectivity index (χ3v) is 9.00. The van der Waals surface area contributed by atoms with E-state index in [0.717, 1.165) is 41.5 Å². The Morgan fingerprint density at radius 3 is 2.67 bits per heavy atom. The molecular formula is C31H36N6OS. The van der Waals surface area contributed by atoms with Crippen molar-refractivity contribution in [1.29, 1.82) is 5.26 Å². The minimum Gasteiger partial charge on any atom is -0.490 e. The molecule has 2 aromatic carbocycles. The number of likely N-dealkylation sites (N-methyl/N-ethyl adjacent to an activating group) is 1. The van der Waals surface area contributed by atoms with Crippen LogP contribution < -0.4 is 10.1 Å². The molecule has 0 bridgehead atoms. The smallest absolute Gasteiger partial charge is 0.148 e. The summed E-state index contributed by atoms with van der Waals surface area (Å²) in [7, 11) is 4.38. The largest absolute Gasteiger partial charge is 0.490 e. The van der Waals surface area contributed by atoms with E-state index < -0.39 is 0 Å². The highest BCUT2D eigenvalue weighted by Gasteiger charge is 2.33. The van der Waals surface area contributed by atoms with Crippen LogP contribution in [0.15, 0.2) is 47.8 Å². The van der Waals surface area contributed by atoms with Crippen LogP contribution >= 0.6 is 11.3 Å². The number of allylic oxidation sites excluding steroid dienone is 1. The van der Waals surface area contributed by atoms with Gasteiger partial charge in [-0.2, -0.15) is 5.26 Å². The van der Waals surface area contributed by atoms with Crippen LogP contribution in [0.2, 0.25) is 0 Å². The van der Waals surface area contributed by atoms with Crippen molar-refractivity contribution < 1.29 is 4.74 Å². The lowest BCUT2D eigenvalue weighted by molar-refractivity contribution is 0.242. The Bertz CT molecular complexity index is 1450. The van der Waals surface area contributed by atoms with Gasteiger partial charge in [-0.3, -0.25) is 0 Å². The SMILES string of the molecule is CC(C)Oc1ccc(-c2nnc(-c3cccc4c3CC[C@@H]4NC(=C3CC3)N3CC[C@@H](N(C)C)C3)s2)cc1C#N. The first kappa shape index (κ1) is 25.8. The van der Waals surface area contributed by atoms with E-state index in [1.54, 1.807) is 16.9 Å². The van der Waals surface area contributed by atoms with Crippen LogP contribution in [0.25, 0.3) is 21.1 Å². The lowest BCUT2D eigenvalue weighted by Crippen LogP contribution is -2.35. The number of hydrogen-bond acceptors (Lipinski definition) is 8. The van der Waals surface area contributed by atoms with Gasteiger partial charge in [0.05, 0.1) is 17.7 Å². The summed E-state index contributed by atoms with van der Waals surface area (Å²) in [6.45, 7) is 6.14. The molecule has 8 heteroatoms. The van der Waals surface area contributed by atoms with Gasteiger partial charge in [0.2, 0.25) is 0 Å². The van der Waals surface area contributed by atoms with Crippen molar-refractivity contribution in [3.63, 3.8) is 0 Å². The van der Waals surface area contributed by atoms with Gasteiger partial charge in [-0.25, -0.2) is 0 Å². The first-order valence-electron chi connectivity index (χ1n) is 14.0. The Morgan fingerprint density at radius 1 is 1.13 bits per heavy atom. The quantitative estimate of drug-likeness (QED) is 0.390. The van der Waals surface area contributed by atoms with E-state index in [2.05, 4.69) is 63.7 Å². The van der Waals surface area contributed by atoms with Gasteiger partial charge in [0.1, 0.15) is 27.7 Å². The molecule has 0 amide bonds. The monoisotopic (exact) mass is 540 g/mol. The third kappa shape index (κ3) is 5.26. The summed E-state index contributed by atoms with van der Waals surface area (Å²) >= 11 is 1.58. The molecule has 2 heterocycles. The van der Waals surface area contributed by atoms with E-state index in [-0.39, 0.29) is 6.10 Å². The van der Waals surface area contributed by atoms with Crippen LogP contribution in [-0.2, 0) is 6.42 Å². The van der Waals surface area contributed by atoms with Crippen molar-refractivity contribution in [1.82, 2.24) is 25.3 Å². The molecule has 0 spiro atoms. The molecule has 3 aromatic rings. The van der Waals surface area contributed by atoms with Gasteiger partial charge in [0.15, 0.2) is 0 Å². The molecule has 1 saturated heterocycles. The molecule has 0 radical (unpaired) electrons. The molecule has 1 aromatic heterocycles. The van der Waals surface area contributed by atoms with Gasteiger partial charge in [-0.1, -0.05) is 29.5 Å². The van der Waals surface area contributed by atoms with Crippen LogP contribution in [0.1, 0.15) is 62.3 Å². The number of nitrogens with one attached hydrogen (secondary N) is 1. The number of hydrogen-bond donors (Lipinski definition) is 1. The van der Waals surface area contributed by atoms with E-state index in [1.807, 2.05) is 32.0 Å². The number of nitrogens with zero attached hydrogens (tertiary/aromatic N) is 5. The maximum atomic E-state index is 9.65. The molecular weight excluding hydrogens is 504 g/mol. The fraction of sp³-hybridized carbons (Fsp3) is 0.452. The normalized spacial score (nSPS) is 19.9. The average Bonchev–Trinajstić information content (AvgIpc) is 3.30. The molecule has 3 aliphatic rings. The number of rotatable bonds is 8. The van der Waals surface area contributed by atoms with E-state index in [1.165, 1.54) is 41.8 Å². The first-order valence-corrected chi connectivity index (χ1v) is 14.8. The molecule has 2 atom stereocenters. The molecule has 1 saturated carbocycles. The van der Waals surface area contributed by atoms with Gasteiger partial charge in [0.25, 0.3) is 0 Å². The predicted octanol–water partition coefficient (Wildman–Crippen LogP) is 5.75. The molecule has 2 fully saturated rings. The Balaban J connectivity index is 1.23. The van der Waals surface area contributed by atoms with Crippen LogP contribution in [0, 0.1) is 11.3 Å². The van der Waals surface area contributed by atoms with E-state index in [0.29, 0.717) is 23.4 Å². The number of likely N-dealkylation sites (tertiary alicyclic amines) is 1. The summed E-state index contributed by atoms with van der Waals surface area (Å²) in [5.74, 6) is 1.99. The minimum absolute atomic E-state index is 0.0106. The molecule has 0 unspecified atom stereocenters. The van der Waals surface area contributed by atoms with Crippen molar-refractivity contribution in [2.24, 2.45) is 0 Å². The van der Waals surface area contributed by atoms with Crippen molar-refractivity contribution in [3.8, 4) is 33.0 Å². The number of benzene rings is 2. The second-order valence-corrected chi connectivity index (χ2v) is 12.3. The summed E-state index contributed by atoms with van der Waals surface area (Å²) in [5.41, 5.74) is 6.92. The fourth-order valence-corrected chi connectivity index (χ4v) is 6.70. The highest BCUT2D eigenvalue weighted by atomic mass is 32.1. The average molecular weight is 541 g/mol. The number of nitriles is 1. The summed E-state index contributed by atoms with van der Waals surface area (Å²) in [5, 5.41) is 24.5. The van der Waals surface area contributed by atoms with Crippen molar-refractivity contribution in [2.45, 2.75) is 64.1 Å². The summed E-state index contributed by atoms with van der Waals surface area (Å²) in [6, 6.07) is 15.5. The van der Waals surface area contributed by atoms with Gasteiger partial charge in [-0.15, -0.1) is 10.2 Å². The molecule has 202 valence electrons. The summed E-state index contributed by atoms with van der Waals surface area (Å²) in [6.07, 6.45) is 5.78. The van der Waals surface area contributed by atoms with Crippen LogP contribution in [0.4, 0.5) is 0 Å². The number of aromatic nitrogens is 2. The van der Waals surface area contributed by atoms with Gasteiger partial charge in [-0.05, 0) is 94.9 Å². The summed E-state index contributed by atoms with van der Waals surface area (Å²) < 4.78 is 5.79. The maximum Gasteiger partial charge on any atom is 0.148 e. The standard InChI is InChI=1S/C31H36N6OS/c1-19(2)38-28-13-10-21(16-22(28)17-32)30-34-35-31(39-30)26-7-5-6-25-24(26)11-12-27(25)33-29(20-8-9-20)37-15-14-23(18-37)36(3)4/h5-7,10,13,16,19,23,27,33H,8-9,11-12,14-15,18H2,1-4H3/t23-,27+/m1/s1. The molecule has 7 nitrogen and oxygen atoms in total. The Labute approximate surface area is 235 Å². The second-order valence-electron chi connectivity index (χ2n) is 11.3. The Kier molecular flexibility index (Phi) is 7.05. The van der Waals surface area contributed by atoms with Crippen LogP contribution in [0.3, 0.4) is 0 Å². The first-order chi connectivity index (χ1) is 18.9. The van der Waals surface area contributed by atoms with Crippen LogP contribution in [0.5, 0.6) is 5.75 Å². The second kappa shape index (κ2) is 10.6. The van der Waals surface area contributed by atoms with Crippen molar-refractivity contribution in [2.75, 3.05) is 27.2 Å². The number of ether oxygens (including phenoxy) is 1. The van der Waals surface area contributed by atoms with Gasteiger partial charge in [0, 0.05) is 30.3 Å². The van der Waals surface area contributed by atoms with Crippen LogP contribution in [-0.4, -0.2) is 59.3 Å². The lowest BCUT2D eigenvalue weighted by Gasteiger charge is -2.28. The Morgan fingerprint density at radius 2 is 1.95 bits per heavy atom. The minimum atomic E-state index is 0.0106. The predicted molar refractivity (Wildman–Crippen MR) is 155 cm³/mol. The topological polar surface area (TPSA) is 77.3 Å². The zero-order valence-corrected chi connectivity index (χ0v) is 24.0. The zero-order valence-electron chi connectivity index (χ0n) is 23.2. The number of fused-ring (bicyclic) bond motifs is 1. The van der Waals surface area contributed by atoms with E-state index >= 15 is 0 Å². The molecule has 1 N–H and O–H groups in total. The highest BCUT2D eigenvalue weighted by molar-refractivity contribution is 7.17.